The van der Waals surface area contributed by atoms with Crippen LogP contribution in [0.2, 0.25) is 0 Å². The fourth-order valence-electron chi connectivity index (χ4n) is 3.11. The third-order valence-electron chi connectivity index (χ3n) is 4.48. The second-order valence-corrected chi connectivity index (χ2v) is 6.05. The van der Waals surface area contributed by atoms with Crippen LogP contribution >= 0.6 is 0 Å². The summed E-state index contributed by atoms with van der Waals surface area (Å²) >= 11 is 0. The average molecular weight is 357 g/mol. The summed E-state index contributed by atoms with van der Waals surface area (Å²) in [5, 5.41) is 0. The van der Waals surface area contributed by atoms with Crippen LogP contribution in [0.4, 0.5) is 0 Å². The third kappa shape index (κ3) is 3.40. The smallest absolute Gasteiger partial charge is 0.289 e. The minimum absolute atomic E-state index is 0.0953. The van der Waals surface area contributed by atoms with Crippen molar-refractivity contribution in [3.63, 3.8) is 0 Å². The zero-order valence-electron chi connectivity index (χ0n) is 15.5. The van der Waals surface area contributed by atoms with E-state index in [0.29, 0.717) is 42.5 Å². The van der Waals surface area contributed by atoms with Crippen molar-refractivity contribution in [2.75, 3.05) is 34.4 Å². The Hall–Kier alpha value is -2.89. The third-order valence-corrected chi connectivity index (χ3v) is 4.48. The van der Waals surface area contributed by atoms with Crippen molar-refractivity contribution in [2.45, 2.75) is 13.3 Å². The summed E-state index contributed by atoms with van der Waals surface area (Å²) in [5.74, 6) is 3.06. The first-order valence-corrected chi connectivity index (χ1v) is 8.42. The molecule has 1 amide bonds. The van der Waals surface area contributed by atoms with Crippen molar-refractivity contribution in [3.05, 3.63) is 47.4 Å². The van der Waals surface area contributed by atoms with E-state index in [-0.39, 0.29) is 5.91 Å². The van der Waals surface area contributed by atoms with Gasteiger partial charge in [0.1, 0.15) is 23.0 Å². The molecule has 1 aromatic heterocycles. The lowest BCUT2D eigenvalue weighted by molar-refractivity contribution is 0.0739. The van der Waals surface area contributed by atoms with Crippen LogP contribution in [0.15, 0.2) is 34.8 Å². The van der Waals surface area contributed by atoms with Gasteiger partial charge in [0.2, 0.25) is 0 Å². The van der Waals surface area contributed by atoms with Crippen LogP contribution in [0.3, 0.4) is 0 Å². The summed E-state index contributed by atoms with van der Waals surface area (Å²) in [5.41, 5.74) is 1.98. The molecule has 0 saturated heterocycles. The maximum atomic E-state index is 12.5. The Morgan fingerprint density at radius 1 is 1.08 bits per heavy atom. The zero-order valence-corrected chi connectivity index (χ0v) is 15.5. The molecule has 0 bridgehead atoms. The molecule has 1 aliphatic rings. The molecule has 0 fully saturated rings. The van der Waals surface area contributed by atoms with Crippen molar-refractivity contribution in [3.8, 4) is 17.2 Å². The van der Waals surface area contributed by atoms with Gasteiger partial charge in [0, 0.05) is 25.2 Å². The van der Waals surface area contributed by atoms with Crippen molar-refractivity contribution in [1.29, 1.82) is 0 Å². The van der Waals surface area contributed by atoms with Gasteiger partial charge in [0.25, 0.3) is 5.91 Å². The summed E-state index contributed by atoms with van der Waals surface area (Å²) in [6.07, 6.45) is 2.73. The SMILES string of the molecule is COc1cc(OC)c(C2=CCN(C(=O)c3ccc(C)o3)CC2)c(OC)c1. The minimum Gasteiger partial charge on any atom is -0.496 e. The van der Waals surface area contributed by atoms with Gasteiger partial charge in [-0.1, -0.05) is 6.08 Å². The van der Waals surface area contributed by atoms with E-state index in [0.717, 1.165) is 16.9 Å². The van der Waals surface area contributed by atoms with E-state index in [4.69, 9.17) is 18.6 Å². The monoisotopic (exact) mass is 357 g/mol. The summed E-state index contributed by atoms with van der Waals surface area (Å²) in [7, 11) is 4.85. The minimum atomic E-state index is -0.0953. The Morgan fingerprint density at radius 3 is 2.23 bits per heavy atom. The van der Waals surface area contributed by atoms with Gasteiger partial charge in [-0.25, -0.2) is 0 Å². The van der Waals surface area contributed by atoms with Crippen LogP contribution < -0.4 is 14.2 Å². The fraction of sp³-hybridized carbons (Fsp3) is 0.350. The van der Waals surface area contributed by atoms with Gasteiger partial charge in [-0.15, -0.1) is 0 Å². The van der Waals surface area contributed by atoms with Gasteiger partial charge in [0.05, 0.1) is 26.9 Å². The maximum absolute atomic E-state index is 12.5. The first-order valence-electron chi connectivity index (χ1n) is 8.42. The molecule has 2 aromatic rings. The van der Waals surface area contributed by atoms with E-state index < -0.39 is 0 Å². The molecule has 3 rings (SSSR count). The van der Waals surface area contributed by atoms with Gasteiger partial charge in [-0.3, -0.25) is 4.79 Å². The molecule has 0 saturated carbocycles. The largest absolute Gasteiger partial charge is 0.496 e. The lowest BCUT2D eigenvalue weighted by atomic mass is 9.97. The van der Waals surface area contributed by atoms with Crippen LogP contribution in [0.1, 0.15) is 28.3 Å². The van der Waals surface area contributed by atoms with E-state index in [9.17, 15) is 4.79 Å². The summed E-state index contributed by atoms with van der Waals surface area (Å²) < 4.78 is 21.8. The van der Waals surface area contributed by atoms with Gasteiger partial charge >= 0.3 is 0 Å². The second-order valence-electron chi connectivity index (χ2n) is 6.05. The molecule has 0 N–H and O–H groups in total. The predicted octanol–water partition coefficient (Wildman–Crippen LogP) is 3.54. The summed E-state index contributed by atoms with van der Waals surface area (Å²) in [4.78, 5) is 14.3. The number of amides is 1. The molecule has 6 nitrogen and oxygen atoms in total. The normalized spacial score (nSPS) is 14.0. The van der Waals surface area contributed by atoms with Crippen LogP contribution in [0.25, 0.3) is 5.57 Å². The first kappa shape index (κ1) is 17.9. The van der Waals surface area contributed by atoms with E-state index in [1.165, 1.54) is 0 Å². The summed E-state index contributed by atoms with van der Waals surface area (Å²) in [6, 6.07) is 7.18. The fourth-order valence-corrected chi connectivity index (χ4v) is 3.11. The van der Waals surface area contributed by atoms with E-state index >= 15 is 0 Å². The Balaban J connectivity index is 1.86. The number of aryl methyl sites for hydroxylation is 1. The molecule has 0 unspecified atom stereocenters. The number of carbonyl (C=O) groups is 1. The number of furan rings is 1. The zero-order chi connectivity index (χ0) is 18.7. The molecule has 1 aliphatic heterocycles. The number of hydrogen-bond donors (Lipinski definition) is 0. The molecule has 0 aliphatic carbocycles. The van der Waals surface area contributed by atoms with Gasteiger partial charge < -0.3 is 23.5 Å². The van der Waals surface area contributed by atoms with Crippen molar-refractivity contribution >= 4 is 11.5 Å². The predicted molar refractivity (Wildman–Crippen MR) is 98.0 cm³/mol. The van der Waals surface area contributed by atoms with Crippen molar-refractivity contribution in [1.82, 2.24) is 4.90 Å². The van der Waals surface area contributed by atoms with Gasteiger partial charge in [-0.2, -0.15) is 0 Å². The topological polar surface area (TPSA) is 61.1 Å². The molecule has 6 heteroatoms. The molecule has 0 radical (unpaired) electrons. The molecular formula is C20H23NO5. The Morgan fingerprint density at radius 2 is 1.77 bits per heavy atom. The quantitative estimate of drug-likeness (QED) is 0.819. The maximum Gasteiger partial charge on any atom is 0.289 e. The number of methoxy groups -OCH3 is 3. The number of ether oxygens (including phenoxy) is 3. The van der Waals surface area contributed by atoms with E-state index in [2.05, 4.69) is 0 Å². The lowest BCUT2D eigenvalue weighted by Gasteiger charge is -2.27. The Labute approximate surface area is 152 Å². The van der Waals surface area contributed by atoms with Crippen LogP contribution in [-0.4, -0.2) is 45.2 Å². The number of hydrogen-bond acceptors (Lipinski definition) is 5. The van der Waals surface area contributed by atoms with Crippen molar-refractivity contribution in [2.24, 2.45) is 0 Å². The first-order chi connectivity index (χ1) is 12.6. The Bertz CT molecular complexity index is 811. The molecular weight excluding hydrogens is 334 g/mol. The number of carbonyl (C=O) groups excluding carboxylic acids is 1. The van der Waals surface area contributed by atoms with Crippen LogP contribution in [0, 0.1) is 6.92 Å². The average Bonchev–Trinajstić information content (AvgIpc) is 3.12. The molecule has 1 aromatic carbocycles. The highest BCUT2D eigenvalue weighted by molar-refractivity contribution is 5.92. The van der Waals surface area contributed by atoms with Gasteiger partial charge in [0.15, 0.2) is 5.76 Å². The highest BCUT2D eigenvalue weighted by Gasteiger charge is 2.24. The lowest BCUT2D eigenvalue weighted by Crippen LogP contribution is -2.34. The molecule has 0 spiro atoms. The molecule has 0 atom stereocenters. The summed E-state index contributed by atoms with van der Waals surface area (Å²) in [6.45, 7) is 2.93. The van der Waals surface area contributed by atoms with Crippen molar-refractivity contribution < 1.29 is 23.4 Å². The van der Waals surface area contributed by atoms with Gasteiger partial charge in [-0.05, 0) is 31.1 Å². The van der Waals surface area contributed by atoms with Crippen LogP contribution in [-0.2, 0) is 0 Å². The highest BCUT2D eigenvalue weighted by atomic mass is 16.5. The Kier molecular flexibility index (Phi) is 5.21. The number of rotatable bonds is 5. The molecule has 26 heavy (non-hydrogen) atoms. The standard InChI is InChI=1S/C20H23NO5/c1-13-5-6-16(26-13)20(22)21-9-7-14(8-10-21)19-17(24-3)11-15(23-2)12-18(19)25-4/h5-7,11-12H,8-10H2,1-4H3. The molecule has 2 heterocycles. The second kappa shape index (κ2) is 7.56. The van der Waals surface area contributed by atoms with E-state index in [1.807, 2.05) is 25.1 Å². The number of nitrogens with zero attached hydrogens (tertiary/aromatic N) is 1. The highest BCUT2D eigenvalue weighted by Crippen LogP contribution is 2.40. The van der Waals surface area contributed by atoms with E-state index in [1.54, 1.807) is 38.4 Å². The van der Waals surface area contributed by atoms with Crippen LogP contribution in [0.5, 0.6) is 17.2 Å². The molecule has 138 valence electrons. The number of benzene rings is 1.